The maximum atomic E-state index is 12.8. The molecular formula is C16H23F3N2O3S. The van der Waals surface area contributed by atoms with E-state index in [2.05, 4.69) is 10.2 Å². The standard InChI is InChI=1S/C16H23F3N2O3S/c1-12-10-21(11-13(2)24-12)9-5-8-20-14-6-3-4-7-15(14)25(22,23)16(17,18)19/h3-4,6-7,12-13,20H,5,8-11H2,1-2H3. The van der Waals surface area contributed by atoms with E-state index in [4.69, 9.17) is 4.74 Å². The second-order valence-corrected chi connectivity index (χ2v) is 8.15. The van der Waals surface area contributed by atoms with E-state index in [1.807, 2.05) is 13.8 Å². The summed E-state index contributed by atoms with van der Waals surface area (Å²) in [5.41, 5.74) is -5.34. The van der Waals surface area contributed by atoms with Gasteiger partial charge in [0.25, 0.3) is 9.84 Å². The van der Waals surface area contributed by atoms with Crippen molar-refractivity contribution in [2.75, 3.05) is 31.5 Å². The summed E-state index contributed by atoms with van der Waals surface area (Å²) in [5.74, 6) is 0. The van der Waals surface area contributed by atoms with Gasteiger partial charge < -0.3 is 10.1 Å². The first-order chi connectivity index (χ1) is 11.6. The van der Waals surface area contributed by atoms with Crippen LogP contribution in [0.1, 0.15) is 20.3 Å². The number of nitrogens with zero attached hydrogens (tertiary/aromatic N) is 1. The van der Waals surface area contributed by atoms with Crippen LogP contribution in [0.5, 0.6) is 0 Å². The summed E-state index contributed by atoms with van der Waals surface area (Å²) in [5, 5.41) is 2.82. The molecule has 9 heteroatoms. The van der Waals surface area contributed by atoms with E-state index in [9.17, 15) is 21.6 Å². The topological polar surface area (TPSA) is 58.6 Å². The molecule has 0 saturated carbocycles. The summed E-state index contributed by atoms with van der Waals surface area (Å²) in [4.78, 5) is 1.50. The molecule has 2 atom stereocenters. The molecule has 0 spiro atoms. The van der Waals surface area contributed by atoms with Gasteiger partial charge in [0.2, 0.25) is 0 Å². The van der Waals surface area contributed by atoms with Gasteiger partial charge in [0.15, 0.2) is 0 Å². The molecule has 0 aliphatic carbocycles. The van der Waals surface area contributed by atoms with Crippen molar-refractivity contribution in [3.05, 3.63) is 24.3 Å². The minimum absolute atomic E-state index is 0.0245. The first-order valence-corrected chi connectivity index (χ1v) is 9.61. The van der Waals surface area contributed by atoms with E-state index >= 15 is 0 Å². The van der Waals surface area contributed by atoms with Crippen LogP contribution in [0.2, 0.25) is 0 Å². The van der Waals surface area contributed by atoms with E-state index in [0.29, 0.717) is 13.0 Å². The van der Waals surface area contributed by atoms with Crippen molar-refractivity contribution >= 4 is 15.5 Å². The molecule has 1 saturated heterocycles. The van der Waals surface area contributed by atoms with Crippen molar-refractivity contribution in [2.45, 2.75) is 42.9 Å². The highest BCUT2D eigenvalue weighted by molar-refractivity contribution is 7.92. The van der Waals surface area contributed by atoms with Crippen LogP contribution in [0.4, 0.5) is 18.9 Å². The summed E-state index contributed by atoms with van der Waals surface area (Å²) in [6.07, 6.45) is 0.976. The van der Waals surface area contributed by atoms with Crippen LogP contribution < -0.4 is 5.32 Å². The second-order valence-electron chi connectivity index (χ2n) is 6.24. The number of rotatable bonds is 6. The van der Waals surface area contributed by atoms with Crippen molar-refractivity contribution in [3.63, 3.8) is 0 Å². The Morgan fingerprint density at radius 3 is 2.40 bits per heavy atom. The van der Waals surface area contributed by atoms with Crippen molar-refractivity contribution in [1.82, 2.24) is 4.90 Å². The number of alkyl halides is 3. The molecule has 0 radical (unpaired) electrons. The zero-order valence-electron chi connectivity index (χ0n) is 14.2. The Bertz CT molecular complexity index is 669. The predicted molar refractivity (Wildman–Crippen MR) is 89.2 cm³/mol. The predicted octanol–water partition coefficient (Wildman–Crippen LogP) is 2.89. The Kier molecular flexibility index (Phi) is 6.34. The third kappa shape index (κ3) is 5.08. The summed E-state index contributed by atoms with van der Waals surface area (Å²) in [6.45, 7) is 6.76. The Balaban J connectivity index is 1.94. The van der Waals surface area contributed by atoms with Gasteiger partial charge in [-0.25, -0.2) is 8.42 Å². The number of ether oxygens (including phenoxy) is 1. The van der Waals surface area contributed by atoms with E-state index in [0.717, 1.165) is 25.7 Å². The highest BCUT2D eigenvalue weighted by Crippen LogP contribution is 2.34. The Morgan fingerprint density at radius 2 is 1.80 bits per heavy atom. The van der Waals surface area contributed by atoms with Crippen molar-refractivity contribution in [3.8, 4) is 0 Å². The number of morpholine rings is 1. The first kappa shape index (κ1) is 20.0. The fourth-order valence-corrected chi connectivity index (χ4v) is 3.90. The third-order valence-electron chi connectivity index (χ3n) is 3.94. The number of anilines is 1. The molecule has 0 aromatic heterocycles. The quantitative estimate of drug-likeness (QED) is 0.769. The normalized spacial score (nSPS) is 22.8. The zero-order valence-corrected chi connectivity index (χ0v) is 15.0. The fourth-order valence-electron chi connectivity index (χ4n) is 2.96. The van der Waals surface area contributed by atoms with Crippen LogP contribution in [0, 0.1) is 0 Å². The number of benzene rings is 1. The number of para-hydroxylation sites is 1. The molecule has 1 aromatic carbocycles. The van der Waals surface area contributed by atoms with Gasteiger partial charge in [-0.05, 0) is 32.4 Å². The van der Waals surface area contributed by atoms with Gasteiger partial charge in [0, 0.05) is 26.2 Å². The Morgan fingerprint density at radius 1 is 1.20 bits per heavy atom. The summed E-state index contributed by atoms with van der Waals surface area (Å²) in [7, 11) is -5.37. The smallest absolute Gasteiger partial charge is 0.384 e. The lowest BCUT2D eigenvalue weighted by atomic mass is 10.2. The van der Waals surface area contributed by atoms with Crippen molar-refractivity contribution < 1.29 is 26.3 Å². The van der Waals surface area contributed by atoms with E-state index in [1.165, 1.54) is 18.2 Å². The Labute approximate surface area is 146 Å². The lowest BCUT2D eigenvalue weighted by Crippen LogP contribution is -2.45. The Hall–Kier alpha value is -1.32. The van der Waals surface area contributed by atoms with Crippen LogP contribution >= 0.6 is 0 Å². The maximum Gasteiger partial charge on any atom is 0.501 e. The monoisotopic (exact) mass is 380 g/mol. The molecule has 1 aliphatic heterocycles. The first-order valence-electron chi connectivity index (χ1n) is 8.13. The zero-order chi connectivity index (χ0) is 18.7. The molecule has 1 fully saturated rings. The largest absolute Gasteiger partial charge is 0.501 e. The molecule has 1 aliphatic rings. The highest BCUT2D eigenvalue weighted by atomic mass is 32.2. The highest BCUT2D eigenvalue weighted by Gasteiger charge is 2.47. The van der Waals surface area contributed by atoms with Gasteiger partial charge in [-0.1, -0.05) is 12.1 Å². The molecule has 142 valence electrons. The molecule has 0 bridgehead atoms. The van der Waals surface area contributed by atoms with Gasteiger partial charge in [-0.3, -0.25) is 4.90 Å². The van der Waals surface area contributed by atoms with Crippen molar-refractivity contribution in [2.24, 2.45) is 0 Å². The lowest BCUT2D eigenvalue weighted by Gasteiger charge is -2.35. The second kappa shape index (κ2) is 7.92. The van der Waals surface area contributed by atoms with E-state index < -0.39 is 20.2 Å². The molecule has 1 aromatic rings. The van der Waals surface area contributed by atoms with Gasteiger partial charge in [0.1, 0.15) is 0 Å². The van der Waals surface area contributed by atoms with Gasteiger partial charge >= 0.3 is 5.51 Å². The van der Waals surface area contributed by atoms with Crippen LogP contribution in [0.3, 0.4) is 0 Å². The van der Waals surface area contributed by atoms with Gasteiger partial charge in [0.05, 0.1) is 22.8 Å². The lowest BCUT2D eigenvalue weighted by molar-refractivity contribution is -0.0678. The molecule has 5 nitrogen and oxygen atoms in total. The van der Waals surface area contributed by atoms with Crippen LogP contribution in [0.15, 0.2) is 29.2 Å². The molecule has 25 heavy (non-hydrogen) atoms. The number of hydrogen-bond acceptors (Lipinski definition) is 5. The number of halogens is 3. The summed E-state index contributed by atoms with van der Waals surface area (Å²) in [6, 6.07) is 5.09. The van der Waals surface area contributed by atoms with Crippen LogP contribution in [-0.4, -0.2) is 57.2 Å². The minimum atomic E-state index is -5.37. The van der Waals surface area contributed by atoms with Crippen LogP contribution in [0.25, 0.3) is 0 Å². The molecule has 2 rings (SSSR count). The molecular weight excluding hydrogens is 357 g/mol. The van der Waals surface area contributed by atoms with Crippen molar-refractivity contribution in [1.29, 1.82) is 0 Å². The van der Waals surface area contributed by atoms with E-state index in [1.54, 1.807) is 0 Å². The maximum absolute atomic E-state index is 12.8. The van der Waals surface area contributed by atoms with Crippen LogP contribution in [-0.2, 0) is 14.6 Å². The number of sulfone groups is 1. The fraction of sp³-hybridized carbons (Fsp3) is 0.625. The minimum Gasteiger partial charge on any atom is -0.384 e. The third-order valence-corrected chi connectivity index (χ3v) is 5.49. The number of hydrogen-bond donors (Lipinski definition) is 1. The molecule has 1 N–H and O–H groups in total. The molecule has 2 unspecified atom stereocenters. The summed E-state index contributed by atoms with van der Waals surface area (Å²) >= 11 is 0. The molecule has 0 amide bonds. The van der Waals surface area contributed by atoms with E-state index in [-0.39, 0.29) is 17.9 Å². The number of nitrogens with one attached hydrogen (secondary N) is 1. The SMILES string of the molecule is CC1CN(CCCNc2ccccc2S(=O)(=O)C(F)(F)F)CC(C)O1. The van der Waals surface area contributed by atoms with Gasteiger partial charge in [-0.2, -0.15) is 13.2 Å². The molecule has 1 heterocycles. The van der Waals surface area contributed by atoms with Gasteiger partial charge in [-0.15, -0.1) is 0 Å². The average molecular weight is 380 g/mol. The average Bonchev–Trinajstić information content (AvgIpc) is 2.50. The summed E-state index contributed by atoms with van der Waals surface area (Å²) < 4.78 is 67.2.